The monoisotopic (exact) mass is 337 g/mol. The van der Waals surface area contributed by atoms with Gasteiger partial charge in [0.25, 0.3) is 5.91 Å². The first-order valence-electron chi connectivity index (χ1n) is 9.03. The number of rotatable bonds is 4. The molecule has 1 atom stereocenters. The number of ether oxygens (including phenoxy) is 1. The number of hydrogen-bond donors (Lipinski definition) is 1. The molecule has 5 nitrogen and oxygen atoms in total. The van der Waals surface area contributed by atoms with Crippen LogP contribution in [0.4, 0.5) is 0 Å². The normalized spacial score (nSPS) is 19.5. The zero-order valence-electron chi connectivity index (χ0n) is 14.5. The largest absolute Gasteiger partial charge is 0.493 e. The summed E-state index contributed by atoms with van der Waals surface area (Å²) >= 11 is 0. The summed E-state index contributed by atoms with van der Waals surface area (Å²) in [6, 6.07) is 8.14. The van der Waals surface area contributed by atoms with E-state index in [0.717, 1.165) is 43.0 Å². The van der Waals surface area contributed by atoms with Gasteiger partial charge in [0, 0.05) is 18.7 Å². The molecule has 25 heavy (non-hydrogen) atoms. The van der Waals surface area contributed by atoms with Crippen molar-refractivity contribution in [1.82, 2.24) is 15.3 Å². The Balaban J connectivity index is 1.38. The Kier molecular flexibility index (Phi) is 4.38. The number of para-hydroxylation sites is 1. The van der Waals surface area contributed by atoms with E-state index in [2.05, 4.69) is 21.4 Å². The smallest absolute Gasteiger partial charge is 0.254 e. The van der Waals surface area contributed by atoms with Crippen molar-refractivity contribution in [2.45, 2.75) is 38.5 Å². The second kappa shape index (κ2) is 6.82. The third-order valence-corrected chi connectivity index (χ3v) is 5.00. The predicted molar refractivity (Wildman–Crippen MR) is 94.8 cm³/mol. The first-order chi connectivity index (χ1) is 12.2. The van der Waals surface area contributed by atoms with Crippen molar-refractivity contribution in [3.63, 3.8) is 0 Å². The van der Waals surface area contributed by atoms with Crippen LogP contribution < -0.4 is 10.1 Å². The Morgan fingerprint density at radius 1 is 1.28 bits per heavy atom. The van der Waals surface area contributed by atoms with Crippen LogP contribution in [0.15, 0.2) is 30.5 Å². The minimum absolute atomic E-state index is 0.0849. The van der Waals surface area contributed by atoms with Crippen LogP contribution in [0, 0.1) is 12.8 Å². The molecule has 0 saturated heterocycles. The van der Waals surface area contributed by atoms with Crippen LogP contribution in [0.2, 0.25) is 0 Å². The summed E-state index contributed by atoms with van der Waals surface area (Å²) in [4.78, 5) is 21.4. The van der Waals surface area contributed by atoms with E-state index in [1.54, 1.807) is 6.20 Å². The van der Waals surface area contributed by atoms with Gasteiger partial charge in [-0.25, -0.2) is 9.97 Å². The number of aryl methyl sites for hydroxylation is 1. The van der Waals surface area contributed by atoms with Crippen LogP contribution in [-0.2, 0) is 6.42 Å². The number of nitrogens with zero attached hydrogens (tertiary/aromatic N) is 2. The Bertz CT molecular complexity index is 786. The molecular weight excluding hydrogens is 314 g/mol. The molecule has 4 rings (SSSR count). The molecule has 1 amide bonds. The van der Waals surface area contributed by atoms with Gasteiger partial charge in [-0.2, -0.15) is 0 Å². The van der Waals surface area contributed by atoms with E-state index < -0.39 is 0 Å². The average Bonchev–Trinajstić information content (AvgIpc) is 3.46. The molecule has 130 valence electrons. The molecule has 1 aromatic heterocycles. The third kappa shape index (κ3) is 3.65. The molecule has 0 radical (unpaired) electrons. The summed E-state index contributed by atoms with van der Waals surface area (Å²) in [6.45, 7) is 3.22. The fraction of sp³-hybridized carbons (Fsp3) is 0.450. The molecule has 0 unspecified atom stereocenters. The van der Waals surface area contributed by atoms with Gasteiger partial charge in [0.1, 0.15) is 11.6 Å². The molecular formula is C20H23N3O2. The van der Waals surface area contributed by atoms with E-state index in [9.17, 15) is 4.79 Å². The summed E-state index contributed by atoms with van der Waals surface area (Å²) < 4.78 is 5.80. The first-order valence-corrected chi connectivity index (χ1v) is 9.03. The van der Waals surface area contributed by atoms with Crippen LogP contribution in [0.25, 0.3) is 0 Å². The molecule has 0 bridgehead atoms. The lowest BCUT2D eigenvalue weighted by Gasteiger charge is -2.15. The van der Waals surface area contributed by atoms with E-state index in [-0.39, 0.29) is 5.91 Å². The quantitative estimate of drug-likeness (QED) is 0.931. The van der Waals surface area contributed by atoms with Crippen LogP contribution in [0.1, 0.15) is 52.6 Å². The van der Waals surface area contributed by atoms with Gasteiger partial charge < -0.3 is 10.1 Å². The number of carbonyl (C=O) groups excluding carboxylic acids is 1. The van der Waals surface area contributed by atoms with E-state index in [1.807, 2.05) is 25.1 Å². The third-order valence-electron chi connectivity index (χ3n) is 5.00. The number of hydrogen-bond acceptors (Lipinski definition) is 4. The van der Waals surface area contributed by atoms with Crippen molar-refractivity contribution in [1.29, 1.82) is 0 Å². The van der Waals surface area contributed by atoms with Crippen LogP contribution in [0.5, 0.6) is 5.75 Å². The zero-order chi connectivity index (χ0) is 17.2. The average molecular weight is 337 g/mol. The Morgan fingerprint density at radius 2 is 2.12 bits per heavy atom. The fourth-order valence-corrected chi connectivity index (χ4v) is 3.31. The van der Waals surface area contributed by atoms with Gasteiger partial charge in [0.2, 0.25) is 0 Å². The van der Waals surface area contributed by atoms with Gasteiger partial charge in [0.05, 0.1) is 17.9 Å². The van der Waals surface area contributed by atoms with E-state index in [1.165, 1.54) is 5.56 Å². The summed E-state index contributed by atoms with van der Waals surface area (Å²) in [5, 5.41) is 3.06. The number of amides is 1. The summed E-state index contributed by atoms with van der Waals surface area (Å²) in [7, 11) is 0. The Morgan fingerprint density at radius 3 is 2.92 bits per heavy atom. The van der Waals surface area contributed by atoms with Crippen molar-refractivity contribution in [3.05, 3.63) is 53.1 Å². The highest BCUT2D eigenvalue weighted by atomic mass is 16.5. The summed E-state index contributed by atoms with van der Waals surface area (Å²) in [5.41, 5.74) is 2.56. The van der Waals surface area contributed by atoms with Crippen molar-refractivity contribution in [2.75, 3.05) is 13.2 Å². The highest BCUT2D eigenvalue weighted by Gasteiger charge is 2.27. The van der Waals surface area contributed by atoms with Gasteiger partial charge in [-0.1, -0.05) is 18.2 Å². The lowest BCUT2D eigenvalue weighted by Crippen LogP contribution is -2.31. The molecule has 1 aliphatic heterocycles. The number of fused-ring (bicyclic) bond motifs is 1. The van der Waals surface area contributed by atoms with Crippen LogP contribution in [-0.4, -0.2) is 29.0 Å². The van der Waals surface area contributed by atoms with Crippen molar-refractivity contribution >= 4 is 5.91 Å². The number of carbonyl (C=O) groups is 1. The molecule has 0 spiro atoms. The summed E-state index contributed by atoms with van der Waals surface area (Å²) in [5.74, 6) is 2.64. The SMILES string of the molecule is Cc1nc(C2CC2)ncc1C(=O)NC[C@@H]1CCOc2ccccc2C1. The van der Waals surface area contributed by atoms with E-state index in [4.69, 9.17) is 4.74 Å². The fourth-order valence-electron chi connectivity index (χ4n) is 3.31. The molecule has 2 heterocycles. The second-order valence-electron chi connectivity index (χ2n) is 7.03. The maximum Gasteiger partial charge on any atom is 0.254 e. The Labute approximate surface area is 147 Å². The number of benzene rings is 1. The molecule has 5 heteroatoms. The van der Waals surface area contributed by atoms with Gasteiger partial charge in [-0.05, 0) is 50.2 Å². The minimum atomic E-state index is -0.0849. The summed E-state index contributed by atoms with van der Waals surface area (Å²) in [6.07, 6.45) is 5.86. The maximum atomic E-state index is 12.5. The molecule has 2 aliphatic rings. The van der Waals surface area contributed by atoms with Gasteiger partial charge in [-0.15, -0.1) is 0 Å². The zero-order valence-corrected chi connectivity index (χ0v) is 14.5. The second-order valence-corrected chi connectivity index (χ2v) is 7.03. The molecule has 1 N–H and O–H groups in total. The lowest BCUT2D eigenvalue weighted by atomic mass is 9.97. The van der Waals surface area contributed by atoms with Crippen LogP contribution >= 0.6 is 0 Å². The highest BCUT2D eigenvalue weighted by molar-refractivity contribution is 5.94. The topological polar surface area (TPSA) is 64.1 Å². The first kappa shape index (κ1) is 16.1. The van der Waals surface area contributed by atoms with Crippen LogP contribution in [0.3, 0.4) is 0 Å². The number of aromatic nitrogens is 2. The van der Waals surface area contributed by atoms with E-state index >= 15 is 0 Å². The molecule has 1 aliphatic carbocycles. The molecule has 1 fully saturated rings. The lowest BCUT2D eigenvalue weighted by molar-refractivity contribution is 0.0944. The standard InChI is InChI=1S/C20H23N3O2/c1-13-17(12-21-19(23-13)15-6-7-15)20(24)22-11-14-8-9-25-18-5-3-2-4-16(18)10-14/h2-5,12,14-15H,6-11H2,1H3,(H,22,24)/t14-/m1/s1. The molecule has 1 saturated carbocycles. The van der Waals surface area contributed by atoms with Crippen molar-refractivity contribution < 1.29 is 9.53 Å². The molecule has 2 aromatic rings. The number of nitrogens with one attached hydrogen (secondary N) is 1. The van der Waals surface area contributed by atoms with Crippen molar-refractivity contribution in [3.8, 4) is 5.75 Å². The molecule has 1 aromatic carbocycles. The minimum Gasteiger partial charge on any atom is -0.493 e. The van der Waals surface area contributed by atoms with E-state index in [0.29, 0.717) is 30.6 Å². The highest BCUT2D eigenvalue weighted by Crippen LogP contribution is 2.37. The maximum absolute atomic E-state index is 12.5. The van der Waals surface area contributed by atoms with Gasteiger partial charge in [-0.3, -0.25) is 4.79 Å². The van der Waals surface area contributed by atoms with Crippen molar-refractivity contribution in [2.24, 2.45) is 5.92 Å². The predicted octanol–water partition coefficient (Wildman–Crippen LogP) is 3.03. The van der Waals surface area contributed by atoms with Gasteiger partial charge >= 0.3 is 0 Å². The Hall–Kier alpha value is -2.43. The van der Waals surface area contributed by atoms with Gasteiger partial charge in [0.15, 0.2) is 0 Å².